The molecule has 2 N–H and O–H groups in total. The van der Waals surface area contributed by atoms with E-state index in [1.807, 2.05) is 25.1 Å². The molecule has 0 atom stereocenters. The van der Waals surface area contributed by atoms with E-state index < -0.39 is 0 Å². The topological polar surface area (TPSA) is 56.7 Å². The molecule has 2 rings (SSSR count). The molecule has 4 nitrogen and oxygen atoms in total. The molecule has 17 heavy (non-hydrogen) atoms. The van der Waals surface area contributed by atoms with Gasteiger partial charge in [0.2, 0.25) is 0 Å². The molecule has 0 aliphatic rings. The minimum Gasteiger partial charge on any atom is -0.398 e. The normalized spacial score (nSPS) is 11.1. The molecule has 0 amide bonds. The summed E-state index contributed by atoms with van der Waals surface area (Å²) in [6, 6.07) is 6.00. The average Bonchev–Trinajstić information content (AvgIpc) is 2.69. The van der Waals surface area contributed by atoms with Gasteiger partial charge in [0, 0.05) is 17.8 Å². The van der Waals surface area contributed by atoms with E-state index in [2.05, 4.69) is 28.6 Å². The molecule has 0 saturated heterocycles. The molecule has 0 spiro atoms. The molecule has 0 aliphatic carbocycles. The van der Waals surface area contributed by atoms with Crippen LogP contribution in [0.3, 0.4) is 0 Å². The lowest BCUT2D eigenvalue weighted by Crippen LogP contribution is -2.05. The number of aromatic nitrogens is 3. The summed E-state index contributed by atoms with van der Waals surface area (Å²) in [4.78, 5) is 0. The largest absolute Gasteiger partial charge is 0.398 e. The van der Waals surface area contributed by atoms with E-state index in [0.717, 1.165) is 29.2 Å². The summed E-state index contributed by atoms with van der Waals surface area (Å²) in [5.41, 5.74) is 8.82. The third-order valence-corrected chi connectivity index (χ3v) is 2.71. The van der Waals surface area contributed by atoms with E-state index in [1.165, 1.54) is 0 Å². The van der Waals surface area contributed by atoms with Crippen molar-refractivity contribution in [2.24, 2.45) is 5.92 Å². The van der Waals surface area contributed by atoms with Crippen LogP contribution in [-0.2, 0) is 6.54 Å². The first-order chi connectivity index (χ1) is 8.08. The number of anilines is 1. The Hall–Kier alpha value is -1.84. The van der Waals surface area contributed by atoms with Gasteiger partial charge in [0.25, 0.3) is 0 Å². The third kappa shape index (κ3) is 2.46. The molecule has 2 aromatic rings. The van der Waals surface area contributed by atoms with Crippen LogP contribution in [0.4, 0.5) is 5.69 Å². The van der Waals surface area contributed by atoms with E-state index in [-0.39, 0.29) is 0 Å². The SMILES string of the molecule is Cc1ccc(-c2nncn2CC(C)C)cc1N. The molecule has 0 saturated carbocycles. The first kappa shape index (κ1) is 11.6. The van der Waals surface area contributed by atoms with Crippen LogP contribution >= 0.6 is 0 Å². The molecule has 0 fully saturated rings. The monoisotopic (exact) mass is 230 g/mol. The lowest BCUT2D eigenvalue weighted by atomic mass is 10.1. The van der Waals surface area contributed by atoms with Crippen LogP contribution in [0, 0.1) is 12.8 Å². The van der Waals surface area contributed by atoms with Gasteiger partial charge >= 0.3 is 0 Å². The van der Waals surface area contributed by atoms with Gasteiger partial charge in [0.1, 0.15) is 6.33 Å². The predicted octanol–water partition coefficient (Wildman–Crippen LogP) is 2.49. The van der Waals surface area contributed by atoms with Crippen LogP contribution in [0.15, 0.2) is 24.5 Å². The third-order valence-electron chi connectivity index (χ3n) is 2.71. The lowest BCUT2D eigenvalue weighted by Gasteiger charge is -2.10. The molecule has 0 aliphatic heterocycles. The second kappa shape index (κ2) is 4.57. The number of benzene rings is 1. The summed E-state index contributed by atoms with van der Waals surface area (Å²) in [5.74, 6) is 1.44. The maximum Gasteiger partial charge on any atom is 0.163 e. The predicted molar refractivity (Wildman–Crippen MR) is 69.4 cm³/mol. The molecular formula is C13H18N4. The number of nitrogens with two attached hydrogens (primary N) is 1. The number of hydrogen-bond donors (Lipinski definition) is 1. The molecule has 0 unspecified atom stereocenters. The van der Waals surface area contributed by atoms with Gasteiger partial charge in [-0.25, -0.2) is 0 Å². The van der Waals surface area contributed by atoms with Crippen molar-refractivity contribution in [3.05, 3.63) is 30.1 Å². The van der Waals surface area contributed by atoms with Crippen LogP contribution < -0.4 is 5.73 Å². The summed E-state index contributed by atoms with van der Waals surface area (Å²) in [5, 5.41) is 8.14. The Bertz CT molecular complexity index is 514. The Morgan fingerprint density at radius 2 is 2.12 bits per heavy atom. The highest BCUT2D eigenvalue weighted by Crippen LogP contribution is 2.22. The standard InChI is InChI=1S/C13H18N4/c1-9(2)7-17-8-15-16-13(17)11-5-4-10(3)12(14)6-11/h4-6,8-9H,7,14H2,1-3H3. The van der Waals surface area contributed by atoms with Crippen molar-refractivity contribution >= 4 is 5.69 Å². The summed E-state index contributed by atoms with van der Waals surface area (Å²) >= 11 is 0. The fourth-order valence-corrected chi connectivity index (χ4v) is 1.79. The first-order valence-electron chi connectivity index (χ1n) is 5.82. The van der Waals surface area contributed by atoms with Gasteiger partial charge in [0.15, 0.2) is 5.82 Å². The fourth-order valence-electron chi connectivity index (χ4n) is 1.79. The average molecular weight is 230 g/mol. The molecule has 90 valence electrons. The van der Waals surface area contributed by atoms with Gasteiger partial charge in [-0.1, -0.05) is 26.0 Å². The molecule has 1 aromatic carbocycles. The van der Waals surface area contributed by atoms with Crippen molar-refractivity contribution < 1.29 is 0 Å². The molecular weight excluding hydrogens is 212 g/mol. The Balaban J connectivity index is 2.39. The number of rotatable bonds is 3. The molecule has 4 heteroatoms. The highest BCUT2D eigenvalue weighted by molar-refractivity contribution is 5.63. The fraction of sp³-hybridized carbons (Fsp3) is 0.385. The molecule has 0 radical (unpaired) electrons. The Labute approximate surface area is 101 Å². The number of aryl methyl sites for hydroxylation is 1. The minimum atomic E-state index is 0.563. The summed E-state index contributed by atoms with van der Waals surface area (Å²) in [7, 11) is 0. The van der Waals surface area contributed by atoms with Gasteiger partial charge in [0.05, 0.1) is 0 Å². The smallest absolute Gasteiger partial charge is 0.163 e. The van der Waals surface area contributed by atoms with Crippen molar-refractivity contribution in [1.82, 2.24) is 14.8 Å². The maximum absolute atomic E-state index is 5.92. The van der Waals surface area contributed by atoms with Crippen LogP contribution in [0.2, 0.25) is 0 Å². The highest BCUT2D eigenvalue weighted by Gasteiger charge is 2.09. The zero-order valence-electron chi connectivity index (χ0n) is 10.5. The van der Waals surface area contributed by atoms with Crippen molar-refractivity contribution in [1.29, 1.82) is 0 Å². The van der Waals surface area contributed by atoms with Crippen molar-refractivity contribution in [2.75, 3.05) is 5.73 Å². The number of hydrogen-bond acceptors (Lipinski definition) is 3. The Kier molecular flexibility index (Phi) is 3.13. The van der Waals surface area contributed by atoms with Gasteiger partial charge in [-0.2, -0.15) is 0 Å². The second-order valence-corrected chi connectivity index (χ2v) is 4.77. The first-order valence-corrected chi connectivity index (χ1v) is 5.82. The van der Waals surface area contributed by atoms with E-state index in [1.54, 1.807) is 6.33 Å². The summed E-state index contributed by atoms with van der Waals surface area (Å²) in [6.07, 6.45) is 1.77. The molecule has 1 aromatic heterocycles. The van der Waals surface area contributed by atoms with E-state index >= 15 is 0 Å². The lowest BCUT2D eigenvalue weighted by molar-refractivity contribution is 0.525. The Morgan fingerprint density at radius 1 is 1.35 bits per heavy atom. The molecule has 0 bridgehead atoms. The van der Waals surface area contributed by atoms with Crippen molar-refractivity contribution in [2.45, 2.75) is 27.3 Å². The van der Waals surface area contributed by atoms with Crippen LogP contribution in [0.1, 0.15) is 19.4 Å². The maximum atomic E-state index is 5.92. The van der Waals surface area contributed by atoms with Gasteiger partial charge < -0.3 is 10.3 Å². The number of nitrogen functional groups attached to an aromatic ring is 1. The minimum absolute atomic E-state index is 0.563. The number of nitrogens with zero attached hydrogens (tertiary/aromatic N) is 3. The van der Waals surface area contributed by atoms with Crippen LogP contribution in [0.25, 0.3) is 11.4 Å². The summed E-state index contributed by atoms with van der Waals surface area (Å²) < 4.78 is 2.06. The van der Waals surface area contributed by atoms with E-state index in [0.29, 0.717) is 5.92 Å². The van der Waals surface area contributed by atoms with Crippen molar-refractivity contribution in [3.63, 3.8) is 0 Å². The van der Waals surface area contributed by atoms with Gasteiger partial charge in [-0.15, -0.1) is 10.2 Å². The quantitative estimate of drug-likeness (QED) is 0.824. The van der Waals surface area contributed by atoms with Crippen LogP contribution in [-0.4, -0.2) is 14.8 Å². The second-order valence-electron chi connectivity index (χ2n) is 4.77. The van der Waals surface area contributed by atoms with Crippen LogP contribution in [0.5, 0.6) is 0 Å². The van der Waals surface area contributed by atoms with Gasteiger partial charge in [-0.05, 0) is 24.5 Å². The zero-order valence-corrected chi connectivity index (χ0v) is 10.5. The Morgan fingerprint density at radius 3 is 2.76 bits per heavy atom. The highest BCUT2D eigenvalue weighted by atomic mass is 15.3. The van der Waals surface area contributed by atoms with E-state index in [9.17, 15) is 0 Å². The van der Waals surface area contributed by atoms with E-state index in [4.69, 9.17) is 5.73 Å². The summed E-state index contributed by atoms with van der Waals surface area (Å²) in [6.45, 7) is 7.26. The van der Waals surface area contributed by atoms with Gasteiger partial charge in [-0.3, -0.25) is 0 Å². The molecule has 1 heterocycles. The van der Waals surface area contributed by atoms with Crippen molar-refractivity contribution in [3.8, 4) is 11.4 Å². The zero-order chi connectivity index (χ0) is 12.4.